The van der Waals surface area contributed by atoms with E-state index in [2.05, 4.69) is 15.6 Å². The molecule has 3 saturated heterocycles. The lowest BCUT2D eigenvalue weighted by atomic mass is 10.0. The van der Waals surface area contributed by atoms with E-state index in [-0.39, 0.29) is 54.2 Å². The molecular formula is C53H56FN6O10P. The topological polar surface area (TPSA) is 190 Å². The highest BCUT2D eigenvalue weighted by Crippen LogP contribution is 2.58. The van der Waals surface area contributed by atoms with Gasteiger partial charge in [0.25, 0.3) is 11.8 Å². The summed E-state index contributed by atoms with van der Waals surface area (Å²) in [5, 5.41) is 11.2. The molecule has 5 aromatic carbocycles. The second-order valence-electron chi connectivity index (χ2n) is 18.3. The van der Waals surface area contributed by atoms with E-state index in [1.54, 1.807) is 52.3 Å². The van der Waals surface area contributed by atoms with E-state index in [0.29, 0.717) is 67.2 Å². The van der Waals surface area contributed by atoms with Gasteiger partial charge in [-0.2, -0.15) is 0 Å². The van der Waals surface area contributed by atoms with Crippen LogP contribution in [0.1, 0.15) is 89.0 Å². The lowest BCUT2D eigenvalue weighted by Gasteiger charge is -2.42. The molecule has 370 valence electrons. The van der Waals surface area contributed by atoms with Crippen LogP contribution in [0.3, 0.4) is 0 Å². The maximum absolute atomic E-state index is 16.9. The van der Waals surface area contributed by atoms with Crippen LogP contribution in [0.15, 0.2) is 120 Å². The van der Waals surface area contributed by atoms with Crippen LogP contribution in [-0.4, -0.2) is 113 Å². The molecule has 7 atom stereocenters. The zero-order valence-corrected chi connectivity index (χ0v) is 40.6. The first-order chi connectivity index (χ1) is 34.3. The van der Waals surface area contributed by atoms with Crippen molar-refractivity contribution in [3.63, 3.8) is 0 Å². The fourth-order valence-corrected chi connectivity index (χ4v) is 11.6. The molecule has 0 spiro atoms. The van der Waals surface area contributed by atoms with E-state index >= 15 is 9.18 Å². The van der Waals surface area contributed by atoms with Crippen molar-refractivity contribution in [3.05, 3.63) is 143 Å². The Kier molecular flexibility index (Phi) is 14.6. The molecule has 0 bridgehead atoms. The summed E-state index contributed by atoms with van der Waals surface area (Å²) in [6, 6.07) is 28.2. The normalized spacial score (nSPS) is 21.1. The van der Waals surface area contributed by atoms with Crippen LogP contribution in [0.5, 0.6) is 5.75 Å². The number of carbonyl (C=O) groups excluding carboxylic acids is 5. The third kappa shape index (κ3) is 10.4. The molecule has 6 aromatic rings. The number of amides is 4. The number of aromatic nitrogens is 1. The predicted molar refractivity (Wildman–Crippen MR) is 262 cm³/mol. The van der Waals surface area contributed by atoms with Crippen LogP contribution in [0.25, 0.3) is 21.7 Å². The van der Waals surface area contributed by atoms with Crippen molar-refractivity contribution in [3.8, 4) is 5.75 Å². The summed E-state index contributed by atoms with van der Waals surface area (Å²) in [6.07, 6.45) is 1.83. The van der Waals surface area contributed by atoms with E-state index in [1.165, 1.54) is 42.2 Å². The lowest BCUT2D eigenvalue weighted by molar-refractivity contribution is -0.152. The molecule has 3 aliphatic heterocycles. The Morgan fingerprint density at radius 3 is 2.44 bits per heavy atom. The van der Waals surface area contributed by atoms with Gasteiger partial charge < -0.3 is 38.5 Å². The van der Waals surface area contributed by atoms with Crippen LogP contribution in [-0.2, 0) is 28.4 Å². The van der Waals surface area contributed by atoms with Crippen molar-refractivity contribution in [1.29, 1.82) is 0 Å². The molecule has 2 N–H and O–H groups in total. The van der Waals surface area contributed by atoms with Crippen molar-refractivity contribution in [2.75, 3.05) is 39.5 Å². The van der Waals surface area contributed by atoms with E-state index in [9.17, 15) is 23.7 Å². The van der Waals surface area contributed by atoms with Gasteiger partial charge in [-0.1, -0.05) is 90.4 Å². The average molecular weight is 987 g/mol. The molecule has 4 heterocycles. The van der Waals surface area contributed by atoms with Gasteiger partial charge in [-0.15, -0.1) is 0 Å². The molecule has 16 nitrogen and oxygen atoms in total. The largest absolute Gasteiger partial charge is 0.465 e. The molecule has 1 aromatic heterocycles. The number of aryl methyl sites for hydroxylation is 1. The summed E-state index contributed by atoms with van der Waals surface area (Å²) in [5.74, 6) is -4.76. The van der Waals surface area contributed by atoms with Crippen LogP contribution in [0, 0.1) is 6.92 Å². The number of benzene rings is 5. The molecular weight excluding hydrogens is 931 g/mol. The number of esters is 1. The Balaban J connectivity index is 1.01. The predicted octanol–water partition coefficient (Wildman–Crippen LogP) is 8.07. The maximum Gasteiger partial charge on any atom is 0.355 e. The first-order valence-corrected chi connectivity index (χ1v) is 25.7. The number of nitrogens with zero attached hydrogens (tertiary/aromatic N) is 4. The van der Waals surface area contributed by atoms with E-state index in [0.717, 1.165) is 11.1 Å². The molecule has 3 aliphatic rings. The molecule has 18 heteroatoms. The fraction of sp³-hybridized carbons (Fsp3) is 0.358. The third-order valence-electron chi connectivity index (χ3n) is 13.4. The van der Waals surface area contributed by atoms with Gasteiger partial charge in [0, 0.05) is 24.7 Å². The Morgan fingerprint density at radius 2 is 1.66 bits per heavy atom. The summed E-state index contributed by atoms with van der Waals surface area (Å²) >= 11 is 0. The molecule has 9 rings (SSSR count). The molecule has 0 aliphatic carbocycles. The highest BCUT2D eigenvalue weighted by molar-refractivity contribution is 7.57. The van der Waals surface area contributed by atoms with Gasteiger partial charge in [-0.05, 0) is 104 Å². The number of ether oxygens (including phenoxy) is 2. The van der Waals surface area contributed by atoms with E-state index in [4.69, 9.17) is 18.5 Å². The molecule has 0 radical (unpaired) electrons. The van der Waals surface area contributed by atoms with Gasteiger partial charge in [0.1, 0.15) is 23.9 Å². The zero-order valence-electron chi connectivity index (χ0n) is 39.7. The van der Waals surface area contributed by atoms with Crippen molar-refractivity contribution in [2.45, 2.75) is 82.6 Å². The van der Waals surface area contributed by atoms with Crippen LogP contribution < -0.4 is 14.9 Å². The number of nitrogens with one attached hydrogen (secondary N) is 2. The SMILES string of the molecule is CCCOC(=O)[C@H](C)NP(=O)(Oc1ccccc1)C(F)c1ccc2ccc(C(=O)N[C@H]3CN(C(=O)c4noc5ccc(C)cc45)CC[C@H]4CC[C@@H](C(=O)N5CCOC[C@H]5c5ccccc5)N4C3=O)cc2c1. The summed E-state index contributed by atoms with van der Waals surface area (Å²) in [7, 11) is -4.56. The number of hydrogen-bond acceptors (Lipinski definition) is 11. The van der Waals surface area contributed by atoms with Crippen LogP contribution in [0.2, 0.25) is 0 Å². The summed E-state index contributed by atoms with van der Waals surface area (Å²) in [5.41, 5.74) is 2.36. The first kappa shape index (κ1) is 49.1. The van der Waals surface area contributed by atoms with Gasteiger partial charge in [0.2, 0.25) is 17.7 Å². The van der Waals surface area contributed by atoms with Crippen molar-refractivity contribution in [2.24, 2.45) is 0 Å². The summed E-state index contributed by atoms with van der Waals surface area (Å²) in [4.78, 5) is 76.5. The van der Waals surface area contributed by atoms with Gasteiger partial charge in [-0.25, -0.2) is 9.48 Å². The minimum absolute atomic E-state index is 0.0542. The van der Waals surface area contributed by atoms with Gasteiger partial charge >= 0.3 is 13.5 Å². The number of rotatable bonds is 14. The van der Waals surface area contributed by atoms with Gasteiger partial charge in [-0.3, -0.25) is 28.5 Å². The second-order valence-corrected chi connectivity index (χ2v) is 20.4. The summed E-state index contributed by atoms with van der Waals surface area (Å²) in [6.45, 7) is 6.20. The highest BCUT2D eigenvalue weighted by atomic mass is 31.2. The Morgan fingerprint density at radius 1 is 0.901 bits per heavy atom. The summed E-state index contributed by atoms with van der Waals surface area (Å²) < 4.78 is 53.8. The van der Waals surface area contributed by atoms with E-state index < -0.39 is 61.3 Å². The Hall–Kier alpha value is -6.94. The lowest BCUT2D eigenvalue weighted by Crippen LogP contribution is -2.62. The van der Waals surface area contributed by atoms with Crippen LogP contribution >= 0.6 is 7.52 Å². The molecule has 71 heavy (non-hydrogen) atoms. The first-order valence-electron chi connectivity index (χ1n) is 24.0. The van der Waals surface area contributed by atoms with E-state index in [1.807, 2.05) is 56.3 Å². The smallest absolute Gasteiger partial charge is 0.355 e. The van der Waals surface area contributed by atoms with Gasteiger partial charge in [0.15, 0.2) is 11.3 Å². The molecule has 0 saturated carbocycles. The monoisotopic (exact) mass is 986 g/mol. The maximum atomic E-state index is 16.9. The standard InChI is InChI=1S/C53H56FN6O10P/c1-4-26-68-53(65)34(3)57-71(66,70-41-13-9-6-10-14-41)48(54)37-18-16-35-17-19-38(30-39(35)29-37)49(61)55-43-31-58(52(64)47-42-28-33(2)15-22-46(42)69-56-47)24-23-40-20-21-44(60(40)50(43)62)51(63)59-25-27-67-32-45(59)36-11-7-5-8-12-36/h5-19,22,28-30,34,40,43-45,48H,4,20-21,23-27,31-32H2,1-3H3,(H,55,61)(H,57,66)/t34-,40+,43-,44-,45-,48?,71?/m0/s1. The number of para-hydroxylation sites is 1. The number of carbonyl (C=O) groups is 5. The number of halogens is 1. The minimum Gasteiger partial charge on any atom is -0.465 e. The van der Waals surface area contributed by atoms with Gasteiger partial charge in [0.05, 0.1) is 37.8 Å². The number of hydrogen-bond donors (Lipinski definition) is 2. The highest BCUT2D eigenvalue weighted by Gasteiger charge is 2.48. The Labute approximate surface area is 410 Å². The number of morpholine rings is 1. The zero-order chi connectivity index (χ0) is 49.8. The molecule has 4 amide bonds. The van der Waals surface area contributed by atoms with Crippen molar-refractivity contribution in [1.82, 2.24) is 30.3 Å². The molecule has 2 unspecified atom stereocenters. The Bertz CT molecular complexity index is 2990. The quantitative estimate of drug-likeness (QED) is 0.0790. The third-order valence-corrected chi connectivity index (χ3v) is 15.5. The van der Waals surface area contributed by atoms with Crippen molar-refractivity contribution < 1.29 is 51.4 Å². The van der Waals surface area contributed by atoms with Crippen LogP contribution in [0.4, 0.5) is 4.39 Å². The van der Waals surface area contributed by atoms with Crippen molar-refractivity contribution >= 4 is 58.9 Å². The average Bonchev–Trinajstić information content (AvgIpc) is 4.01. The minimum atomic E-state index is -4.56. The number of fused-ring (bicyclic) bond motifs is 3. The number of alkyl halides is 1. The molecule has 3 fully saturated rings. The fourth-order valence-electron chi connectivity index (χ4n) is 9.69. The second kappa shape index (κ2) is 21.2.